The van der Waals surface area contributed by atoms with Crippen LogP contribution in [-0.2, 0) is 27.5 Å². The van der Waals surface area contributed by atoms with Gasteiger partial charge < -0.3 is 30.7 Å². The Bertz CT molecular complexity index is 2150. The van der Waals surface area contributed by atoms with Crippen molar-refractivity contribution >= 4 is 57.0 Å². The lowest BCUT2D eigenvalue weighted by Gasteiger charge is -2.17. The van der Waals surface area contributed by atoms with Crippen LogP contribution in [0, 0.1) is 0 Å². The van der Waals surface area contributed by atoms with E-state index in [-0.39, 0.29) is 45.6 Å². The highest BCUT2D eigenvalue weighted by molar-refractivity contribution is 7.89. The Morgan fingerprint density at radius 1 is 0.981 bits per heavy atom. The van der Waals surface area contributed by atoms with E-state index < -0.39 is 62.8 Å². The molecule has 0 radical (unpaired) electrons. The lowest BCUT2D eigenvalue weighted by molar-refractivity contribution is -0.275. The van der Waals surface area contributed by atoms with Crippen LogP contribution in [0.4, 0.5) is 55.2 Å². The molecule has 4 rings (SSSR count). The number of primary sulfonamides is 1. The van der Waals surface area contributed by atoms with Crippen molar-refractivity contribution in [1.82, 2.24) is 15.3 Å². The van der Waals surface area contributed by atoms with Crippen molar-refractivity contribution in [2.45, 2.75) is 24.0 Å². The Balaban J connectivity index is 1.65. The fraction of sp³-hybridized carbons (Fsp3) is 0.129. The van der Waals surface area contributed by atoms with Crippen molar-refractivity contribution in [3.63, 3.8) is 0 Å². The number of benzene rings is 3. The predicted octanol–water partition coefficient (Wildman–Crippen LogP) is 5.40. The van der Waals surface area contributed by atoms with Gasteiger partial charge in [0.2, 0.25) is 21.9 Å². The second-order valence-electron chi connectivity index (χ2n) is 10.2. The molecule has 52 heavy (non-hydrogen) atoms. The highest BCUT2D eigenvalue weighted by Gasteiger charge is 2.35. The van der Waals surface area contributed by atoms with Gasteiger partial charge in [0.15, 0.2) is 12.0 Å². The maximum atomic E-state index is 13.8. The zero-order chi connectivity index (χ0) is 38.4. The Morgan fingerprint density at radius 3 is 2.33 bits per heavy atom. The number of sulfonamides is 1. The summed E-state index contributed by atoms with van der Waals surface area (Å²) in [6.45, 7) is 2.76. The number of anilines is 5. The van der Waals surface area contributed by atoms with Crippen LogP contribution >= 0.6 is 0 Å². The van der Waals surface area contributed by atoms with Crippen LogP contribution in [0.2, 0.25) is 0 Å². The molecule has 0 saturated heterocycles. The van der Waals surface area contributed by atoms with E-state index in [1.54, 1.807) is 0 Å². The number of hydrogen-bond donors (Lipinski definition) is 5. The van der Waals surface area contributed by atoms with E-state index in [0.29, 0.717) is 12.4 Å². The summed E-state index contributed by atoms with van der Waals surface area (Å²) < 4.78 is 114. The molecule has 14 nitrogen and oxygen atoms in total. The van der Waals surface area contributed by atoms with Crippen molar-refractivity contribution in [3.8, 4) is 11.5 Å². The molecule has 0 unspecified atom stereocenters. The van der Waals surface area contributed by atoms with E-state index in [9.17, 15) is 49.1 Å². The molecule has 0 fully saturated rings. The van der Waals surface area contributed by atoms with E-state index >= 15 is 0 Å². The van der Waals surface area contributed by atoms with Crippen molar-refractivity contribution < 1.29 is 58.6 Å². The number of aromatic nitrogens is 2. The van der Waals surface area contributed by atoms with Gasteiger partial charge in [0, 0.05) is 24.0 Å². The third kappa shape index (κ3) is 9.72. The number of carbonyl (C=O) groups is 3. The normalized spacial score (nSPS) is 11.6. The SMILES string of the molecule is C=CC(=O)NCc1ccc(NC(=O)c2cc(Nc3nccc(Nc4cccc(OC(F)(F)F)c4S(N)(=O)=O)n3)c(C=O)c(OC)c2)cc1C(F)(F)F. The standard InChI is InChI=1S/C31H25F6N7O7S/c1-3-26(46)40-14-16-7-8-18(13-20(16)30(32,33)34)41-28(47)17-11-22(19(15-45)24(12-17)50-2)43-29-39-10-9-25(44-29)42-21-5-4-6-23(51-31(35,36)37)27(21)52(38,48)49/h3-13,15H,1,14H2,2H3,(H,40,46)(H,41,47)(H2,38,48,49)(H2,39,42,43,44). The summed E-state index contributed by atoms with van der Waals surface area (Å²) in [5.74, 6) is -3.38. The molecule has 4 aromatic rings. The molecule has 274 valence electrons. The van der Waals surface area contributed by atoms with Gasteiger partial charge in [0.05, 0.1) is 29.6 Å². The molecule has 0 atom stereocenters. The molecule has 3 aromatic carbocycles. The van der Waals surface area contributed by atoms with Crippen molar-refractivity contribution in [2.75, 3.05) is 23.1 Å². The van der Waals surface area contributed by atoms with Crippen LogP contribution in [0.15, 0.2) is 78.3 Å². The van der Waals surface area contributed by atoms with Gasteiger partial charge in [-0.25, -0.2) is 18.5 Å². The number of alkyl halides is 6. The minimum absolute atomic E-state index is 0.133. The molecule has 6 N–H and O–H groups in total. The van der Waals surface area contributed by atoms with Crippen molar-refractivity contribution in [1.29, 1.82) is 0 Å². The van der Waals surface area contributed by atoms with Crippen molar-refractivity contribution in [3.05, 3.63) is 95.7 Å². The van der Waals surface area contributed by atoms with Gasteiger partial charge in [-0.3, -0.25) is 14.4 Å². The van der Waals surface area contributed by atoms with Gasteiger partial charge in [0.1, 0.15) is 16.5 Å². The minimum atomic E-state index is -5.25. The monoisotopic (exact) mass is 753 g/mol. The Morgan fingerprint density at radius 2 is 1.71 bits per heavy atom. The number of aldehydes is 1. The topological polar surface area (TPSA) is 204 Å². The first-order chi connectivity index (χ1) is 24.3. The summed E-state index contributed by atoms with van der Waals surface area (Å²) >= 11 is 0. The lowest BCUT2D eigenvalue weighted by atomic mass is 10.0. The first-order valence-corrected chi connectivity index (χ1v) is 15.7. The molecule has 21 heteroatoms. The number of amides is 2. The zero-order valence-electron chi connectivity index (χ0n) is 26.3. The number of hydrogen-bond acceptors (Lipinski definition) is 11. The molecular weight excluding hydrogens is 728 g/mol. The number of halogens is 6. The van der Waals surface area contributed by atoms with Crippen molar-refractivity contribution in [2.24, 2.45) is 5.14 Å². The fourth-order valence-electron chi connectivity index (χ4n) is 4.54. The molecule has 0 aliphatic rings. The summed E-state index contributed by atoms with van der Waals surface area (Å²) in [6, 6.07) is 9.26. The molecule has 0 saturated carbocycles. The molecule has 0 spiro atoms. The number of nitrogens with zero attached hydrogens (tertiary/aromatic N) is 2. The number of nitrogens with two attached hydrogens (primary N) is 1. The van der Waals surface area contributed by atoms with Crippen LogP contribution < -0.4 is 35.9 Å². The summed E-state index contributed by atoms with van der Waals surface area (Å²) in [7, 11) is -3.62. The maximum Gasteiger partial charge on any atom is 0.573 e. The van der Waals surface area contributed by atoms with E-state index in [1.807, 2.05) is 0 Å². The largest absolute Gasteiger partial charge is 0.573 e. The number of carbonyl (C=O) groups excluding carboxylic acids is 3. The first-order valence-electron chi connectivity index (χ1n) is 14.2. The Kier molecular flexibility index (Phi) is 11.4. The van der Waals surface area contributed by atoms with E-state index in [4.69, 9.17) is 9.88 Å². The molecule has 0 bridgehead atoms. The molecule has 0 aliphatic carbocycles. The lowest BCUT2D eigenvalue weighted by Crippen LogP contribution is -2.22. The number of methoxy groups -OCH3 is 1. The number of nitrogens with one attached hydrogen (secondary N) is 4. The van der Waals surface area contributed by atoms with Gasteiger partial charge in [-0.2, -0.15) is 18.2 Å². The summed E-state index contributed by atoms with van der Waals surface area (Å²) in [5.41, 5.74) is -2.64. The van der Waals surface area contributed by atoms with E-state index in [1.165, 1.54) is 19.2 Å². The van der Waals surface area contributed by atoms with E-state index in [0.717, 1.165) is 48.7 Å². The van der Waals surface area contributed by atoms with E-state index in [2.05, 4.69) is 42.6 Å². The summed E-state index contributed by atoms with van der Waals surface area (Å²) in [5, 5.41) is 14.9. The van der Waals surface area contributed by atoms with Gasteiger partial charge >= 0.3 is 12.5 Å². The zero-order valence-corrected chi connectivity index (χ0v) is 27.2. The molecule has 1 aromatic heterocycles. The Labute approximate surface area is 290 Å². The highest BCUT2D eigenvalue weighted by Crippen LogP contribution is 2.37. The molecular formula is C31H25F6N7O7S. The number of ether oxygens (including phenoxy) is 2. The summed E-state index contributed by atoms with van der Waals surface area (Å²) in [4.78, 5) is 43.8. The molecule has 1 heterocycles. The number of rotatable bonds is 13. The smallest absolute Gasteiger partial charge is 0.496 e. The third-order valence-corrected chi connectivity index (χ3v) is 7.70. The second-order valence-corrected chi connectivity index (χ2v) is 11.7. The van der Waals surface area contributed by atoms with Gasteiger partial charge in [0.25, 0.3) is 5.91 Å². The molecule has 2 amide bonds. The summed E-state index contributed by atoms with van der Waals surface area (Å²) in [6.07, 6.45) is -7.72. The predicted molar refractivity (Wildman–Crippen MR) is 173 cm³/mol. The minimum Gasteiger partial charge on any atom is -0.496 e. The average Bonchev–Trinajstić information content (AvgIpc) is 3.05. The van der Waals surface area contributed by atoms with Crippen LogP contribution in [0.5, 0.6) is 11.5 Å². The van der Waals surface area contributed by atoms with Gasteiger partial charge in [-0.1, -0.05) is 18.7 Å². The van der Waals surface area contributed by atoms with Crippen LogP contribution in [0.1, 0.15) is 31.8 Å². The first kappa shape index (κ1) is 38.6. The van der Waals surface area contributed by atoms with Gasteiger partial charge in [-0.15, -0.1) is 13.2 Å². The van der Waals surface area contributed by atoms with Crippen LogP contribution in [0.3, 0.4) is 0 Å². The highest BCUT2D eigenvalue weighted by atomic mass is 32.2. The second kappa shape index (κ2) is 15.3. The van der Waals surface area contributed by atoms with Crippen LogP contribution in [0.25, 0.3) is 0 Å². The van der Waals surface area contributed by atoms with Crippen LogP contribution in [-0.4, -0.2) is 50.0 Å². The average molecular weight is 754 g/mol. The quantitative estimate of drug-likeness (QED) is 0.0664. The fourth-order valence-corrected chi connectivity index (χ4v) is 5.36. The molecule has 0 aliphatic heterocycles. The van der Waals surface area contributed by atoms with Gasteiger partial charge in [-0.05, 0) is 54.1 Å². The Hall–Kier alpha value is -6.22. The maximum absolute atomic E-state index is 13.8. The third-order valence-electron chi connectivity index (χ3n) is 6.71.